The smallest absolute Gasteiger partial charge is 0.329 e. The summed E-state index contributed by atoms with van der Waals surface area (Å²) in [6.45, 7) is 5.10. The number of carboxylic acid groups (broad SMARTS) is 1. The highest BCUT2D eigenvalue weighted by Gasteiger charge is 2.33. The fourth-order valence-corrected chi connectivity index (χ4v) is 1.92. The standard InChI is InChI=1S/C15H21NO4/c1-4-8-15(3,14(18)19)16-13(17)10-20-12-7-5-6-11(2)9-12/h5-7,9H,4,8,10H2,1-3H3,(H,16,17)(H,18,19). The molecule has 1 aromatic carbocycles. The number of hydrogen-bond acceptors (Lipinski definition) is 3. The lowest BCUT2D eigenvalue weighted by Gasteiger charge is -2.25. The summed E-state index contributed by atoms with van der Waals surface area (Å²) in [6, 6.07) is 7.33. The Bertz CT molecular complexity index is 487. The first kappa shape index (κ1) is 16.0. The molecule has 0 aromatic heterocycles. The molecule has 0 saturated carbocycles. The number of benzene rings is 1. The number of carbonyl (C=O) groups is 2. The molecule has 0 aliphatic rings. The van der Waals surface area contributed by atoms with Crippen LogP contribution < -0.4 is 10.1 Å². The fraction of sp³-hybridized carbons (Fsp3) is 0.467. The second-order valence-corrected chi connectivity index (χ2v) is 5.04. The van der Waals surface area contributed by atoms with Gasteiger partial charge in [-0.25, -0.2) is 4.79 Å². The monoisotopic (exact) mass is 279 g/mol. The molecule has 0 bridgehead atoms. The van der Waals surface area contributed by atoms with Gasteiger partial charge in [-0.3, -0.25) is 4.79 Å². The van der Waals surface area contributed by atoms with Crippen molar-refractivity contribution in [3.8, 4) is 5.75 Å². The van der Waals surface area contributed by atoms with E-state index in [4.69, 9.17) is 4.74 Å². The van der Waals surface area contributed by atoms with Crippen LogP contribution in [0, 0.1) is 6.92 Å². The van der Waals surface area contributed by atoms with Crippen LogP contribution in [0.5, 0.6) is 5.75 Å². The Balaban J connectivity index is 2.56. The predicted octanol–water partition coefficient (Wildman–Crippen LogP) is 2.13. The molecule has 1 rings (SSSR count). The summed E-state index contributed by atoms with van der Waals surface area (Å²) in [5.74, 6) is -0.888. The van der Waals surface area contributed by atoms with Gasteiger partial charge >= 0.3 is 5.97 Å². The maximum absolute atomic E-state index is 11.8. The lowest BCUT2D eigenvalue weighted by atomic mass is 9.96. The van der Waals surface area contributed by atoms with E-state index in [1.54, 1.807) is 6.07 Å². The van der Waals surface area contributed by atoms with Crippen LogP contribution in [0.25, 0.3) is 0 Å². The minimum Gasteiger partial charge on any atom is -0.484 e. The van der Waals surface area contributed by atoms with Crippen LogP contribution in [0.4, 0.5) is 0 Å². The largest absolute Gasteiger partial charge is 0.484 e. The zero-order valence-corrected chi connectivity index (χ0v) is 12.1. The third-order valence-electron chi connectivity index (χ3n) is 3.00. The Morgan fingerprint density at radius 2 is 2.10 bits per heavy atom. The number of amides is 1. The zero-order chi connectivity index (χ0) is 15.2. The van der Waals surface area contributed by atoms with Gasteiger partial charge in [0.15, 0.2) is 6.61 Å². The van der Waals surface area contributed by atoms with Gasteiger partial charge < -0.3 is 15.2 Å². The highest BCUT2D eigenvalue weighted by Crippen LogP contribution is 2.14. The zero-order valence-electron chi connectivity index (χ0n) is 12.1. The number of rotatable bonds is 7. The highest BCUT2D eigenvalue weighted by atomic mass is 16.5. The first-order valence-electron chi connectivity index (χ1n) is 6.61. The van der Waals surface area contributed by atoms with Gasteiger partial charge in [0.05, 0.1) is 0 Å². The highest BCUT2D eigenvalue weighted by molar-refractivity contribution is 5.87. The van der Waals surface area contributed by atoms with E-state index in [9.17, 15) is 14.7 Å². The van der Waals surface area contributed by atoms with Gasteiger partial charge in [0.1, 0.15) is 11.3 Å². The minimum atomic E-state index is -1.25. The average Bonchev–Trinajstić information content (AvgIpc) is 2.36. The van der Waals surface area contributed by atoms with Crippen molar-refractivity contribution in [3.63, 3.8) is 0 Å². The summed E-state index contributed by atoms with van der Waals surface area (Å²) in [6.07, 6.45) is 1.04. The molecule has 0 aliphatic heterocycles. The molecular formula is C15H21NO4. The molecule has 0 aliphatic carbocycles. The quantitative estimate of drug-likeness (QED) is 0.801. The van der Waals surface area contributed by atoms with E-state index < -0.39 is 17.4 Å². The molecule has 0 heterocycles. The number of hydrogen-bond donors (Lipinski definition) is 2. The molecule has 110 valence electrons. The van der Waals surface area contributed by atoms with Crippen LogP contribution in [0.1, 0.15) is 32.3 Å². The third-order valence-corrected chi connectivity index (χ3v) is 3.00. The van der Waals surface area contributed by atoms with E-state index in [0.717, 1.165) is 5.56 Å². The van der Waals surface area contributed by atoms with Crippen LogP contribution in [0.15, 0.2) is 24.3 Å². The van der Waals surface area contributed by atoms with Crippen LogP contribution in [0.3, 0.4) is 0 Å². The number of aliphatic carboxylic acids is 1. The predicted molar refractivity (Wildman–Crippen MR) is 75.8 cm³/mol. The molecule has 1 atom stereocenters. The van der Waals surface area contributed by atoms with Crippen molar-refractivity contribution in [2.45, 2.75) is 39.2 Å². The van der Waals surface area contributed by atoms with Crippen LogP contribution >= 0.6 is 0 Å². The third kappa shape index (κ3) is 4.57. The Labute approximate surface area is 118 Å². The molecule has 0 radical (unpaired) electrons. The van der Waals surface area contributed by atoms with Crippen LogP contribution in [-0.4, -0.2) is 29.1 Å². The van der Waals surface area contributed by atoms with Crippen LogP contribution in [0.2, 0.25) is 0 Å². The van der Waals surface area contributed by atoms with Crippen molar-refractivity contribution in [1.29, 1.82) is 0 Å². The number of carboxylic acids is 1. The molecule has 0 fully saturated rings. The summed E-state index contributed by atoms with van der Waals surface area (Å²) < 4.78 is 5.35. The second kappa shape index (κ2) is 6.93. The van der Waals surface area contributed by atoms with Crippen molar-refractivity contribution in [2.24, 2.45) is 0 Å². The number of nitrogens with one attached hydrogen (secondary N) is 1. The summed E-state index contributed by atoms with van der Waals surface area (Å²) in [4.78, 5) is 23.0. The number of ether oxygens (including phenoxy) is 1. The molecule has 0 spiro atoms. The van der Waals surface area contributed by atoms with Gasteiger partial charge in [-0.15, -0.1) is 0 Å². The Hall–Kier alpha value is -2.04. The number of aryl methyl sites for hydroxylation is 1. The summed E-state index contributed by atoms with van der Waals surface area (Å²) in [7, 11) is 0. The van der Waals surface area contributed by atoms with Crippen molar-refractivity contribution in [3.05, 3.63) is 29.8 Å². The molecule has 0 saturated heterocycles. The van der Waals surface area contributed by atoms with Gasteiger partial charge in [0, 0.05) is 0 Å². The van der Waals surface area contributed by atoms with Gasteiger partial charge in [0.25, 0.3) is 5.91 Å². The van der Waals surface area contributed by atoms with Gasteiger partial charge in [-0.05, 0) is 38.0 Å². The van der Waals surface area contributed by atoms with Crippen molar-refractivity contribution >= 4 is 11.9 Å². The van der Waals surface area contributed by atoms with E-state index in [1.165, 1.54) is 6.92 Å². The number of carbonyl (C=O) groups excluding carboxylic acids is 1. The van der Waals surface area contributed by atoms with E-state index in [0.29, 0.717) is 18.6 Å². The minimum absolute atomic E-state index is 0.198. The topological polar surface area (TPSA) is 75.6 Å². The SMILES string of the molecule is CCCC(C)(NC(=O)COc1cccc(C)c1)C(=O)O. The van der Waals surface area contributed by atoms with E-state index >= 15 is 0 Å². The summed E-state index contributed by atoms with van der Waals surface area (Å²) in [5, 5.41) is 11.7. The molecule has 1 amide bonds. The van der Waals surface area contributed by atoms with Crippen LogP contribution in [-0.2, 0) is 9.59 Å². The van der Waals surface area contributed by atoms with Gasteiger partial charge in [-0.1, -0.05) is 25.5 Å². The van der Waals surface area contributed by atoms with Crippen molar-refractivity contribution in [2.75, 3.05) is 6.61 Å². The Kier molecular flexibility index (Phi) is 5.55. The summed E-state index contributed by atoms with van der Waals surface area (Å²) >= 11 is 0. The average molecular weight is 279 g/mol. The van der Waals surface area contributed by atoms with Gasteiger partial charge in [-0.2, -0.15) is 0 Å². The lowest BCUT2D eigenvalue weighted by Crippen LogP contribution is -2.53. The van der Waals surface area contributed by atoms with Gasteiger partial charge in [0.2, 0.25) is 0 Å². The molecule has 20 heavy (non-hydrogen) atoms. The fourth-order valence-electron chi connectivity index (χ4n) is 1.92. The Morgan fingerprint density at radius 3 is 2.65 bits per heavy atom. The normalized spacial score (nSPS) is 13.3. The van der Waals surface area contributed by atoms with Crippen molar-refractivity contribution in [1.82, 2.24) is 5.32 Å². The lowest BCUT2D eigenvalue weighted by molar-refractivity contribution is -0.147. The first-order chi connectivity index (χ1) is 9.37. The second-order valence-electron chi connectivity index (χ2n) is 5.04. The first-order valence-corrected chi connectivity index (χ1v) is 6.61. The van der Waals surface area contributed by atoms with E-state index in [1.807, 2.05) is 32.0 Å². The molecule has 5 nitrogen and oxygen atoms in total. The molecule has 5 heteroatoms. The molecule has 1 unspecified atom stereocenters. The Morgan fingerprint density at radius 1 is 1.40 bits per heavy atom. The van der Waals surface area contributed by atoms with E-state index in [2.05, 4.69) is 5.32 Å². The summed E-state index contributed by atoms with van der Waals surface area (Å²) in [5.41, 5.74) is -0.216. The molecular weight excluding hydrogens is 258 g/mol. The molecule has 1 aromatic rings. The van der Waals surface area contributed by atoms with E-state index in [-0.39, 0.29) is 6.61 Å². The maximum atomic E-state index is 11.8. The maximum Gasteiger partial charge on any atom is 0.329 e. The molecule has 2 N–H and O–H groups in total. The van der Waals surface area contributed by atoms with Crippen molar-refractivity contribution < 1.29 is 19.4 Å².